The molecule has 3 N–H and O–H groups in total. The van der Waals surface area contributed by atoms with Crippen molar-refractivity contribution in [3.05, 3.63) is 66.2 Å². The standard InChI is InChI=1S/C30H34BrN3O4S/c31-21-16-30-24(23(25(21)39-30)27(36)32-19-12-6-2-7-13-19)29(38)34(22(17-35)18-10-4-1-5-11-18)26(30)28(37)33-20-14-8-3-9-15-20/h1-2,4-7,10-13,20-26,35H,3,8-9,14-17H2,(H,32,36)(H,33,37)/t21?,22-,23-,24+,25-,26?,30?/m1/s1. The van der Waals surface area contributed by atoms with Gasteiger partial charge in [-0.05, 0) is 37.0 Å². The monoisotopic (exact) mass is 611 g/mol. The fraction of sp³-hybridized carbons (Fsp3) is 0.500. The largest absolute Gasteiger partial charge is 0.394 e. The van der Waals surface area contributed by atoms with E-state index in [4.69, 9.17) is 0 Å². The van der Waals surface area contributed by atoms with Crippen molar-refractivity contribution in [1.29, 1.82) is 0 Å². The number of aliphatic hydroxyl groups is 1. The molecule has 2 bridgehead atoms. The quantitative estimate of drug-likeness (QED) is 0.406. The number of aliphatic hydroxyl groups excluding tert-OH is 1. The van der Waals surface area contributed by atoms with Gasteiger partial charge in [-0.3, -0.25) is 14.4 Å². The van der Waals surface area contributed by atoms with Gasteiger partial charge in [0.1, 0.15) is 6.04 Å². The van der Waals surface area contributed by atoms with Crippen LogP contribution in [0.4, 0.5) is 5.69 Å². The van der Waals surface area contributed by atoms with Gasteiger partial charge >= 0.3 is 0 Å². The van der Waals surface area contributed by atoms with Crippen LogP contribution in [0.1, 0.15) is 50.1 Å². The molecule has 3 heterocycles. The number of likely N-dealkylation sites (tertiary alicyclic amines) is 1. The van der Waals surface area contributed by atoms with Crippen molar-refractivity contribution >= 4 is 51.1 Å². The fourth-order valence-electron chi connectivity index (χ4n) is 7.31. The van der Waals surface area contributed by atoms with Crippen LogP contribution >= 0.6 is 27.7 Å². The molecule has 1 aliphatic carbocycles. The first-order valence-corrected chi connectivity index (χ1v) is 15.7. The second-order valence-electron chi connectivity index (χ2n) is 11.2. The van der Waals surface area contributed by atoms with E-state index < -0.39 is 28.7 Å². The average molecular weight is 613 g/mol. The van der Waals surface area contributed by atoms with Crippen molar-refractivity contribution in [2.24, 2.45) is 11.8 Å². The summed E-state index contributed by atoms with van der Waals surface area (Å²) < 4.78 is -0.754. The van der Waals surface area contributed by atoms with Gasteiger partial charge in [-0.25, -0.2) is 0 Å². The van der Waals surface area contributed by atoms with Gasteiger partial charge in [-0.2, -0.15) is 0 Å². The van der Waals surface area contributed by atoms with E-state index in [2.05, 4.69) is 26.6 Å². The Balaban J connectivity index is 1.39. The lowest BCUT2D eigenvalue weighted by molar-refractivity contribution is -0.142. The van der Waals surface area contributed by atoms with Crippen molar-refractivity contribution in [1.82, 2.24) is 10.2 Å². The molecule has 3 amide bonds. The summed E-state index contributed by atoms with van der Waals surface area (Å²) in [4.78, 5) is 44.0. The highest BCUT2D eigenvalue weighted by Gasteiger charge is 2.76. The molecular weight excluding hydrogens is 578 g/mol. The van der Waals surface area contributed by atoms with Crippen LogP contribution in [0.25, 0.3) is 0 Å². The van der Waals surface area contributed by atoms with Crippen LogP contribution in [0.15, 0.2) is 60.7 Å². The van der Waals surface area contributed by atoms with Crippen LogP contribution in [0.5, 0.6) is 0 Å². The maximum absolute atomic E-state index is 14.5. The molecule has 39 heavy (non-hydrogen) atoms. The molecule has 2 aromatic rings. The molecule has 7 atom stereocenters. The minimum absolute atomic E-state index is 0.00712. The summed E-state index contributed by atoms with van der Waals surface area (Å²) >= 11 is 5.44. The molecule has 3 aliphatic heterocycles. The second-order valence-corrected chi connectivity index (χ2v) is 13.9. The molecule has 2 aromatic carbocycles. The number of hydrogen-bond donors (Lipinski definition) is 3. The predicted molar refractivity (Wildman–Crippen MR) is 155 cm³/mol. The molecule has 4 fully saturated rings. The van der Waals surface area contributed by atoms with E-state index in [9.17, 15) is 19.5 Å². The number of alkyl halides is 1. The van der Waals surface area contributed by atoms with Gasteiger partial charge < -0.3 is 20.6 Å². The lowest BCUT2D eigenvalue weighted by Crippen LogP contribution is -2.57. The van der Waals surface area contributed by atoms with Crippen molar-refractivity contribution in [3.63, 3.8) is 0 Å². The van der Waals surface area contributed by atoms with E-state index in [0.29, 0.717) is 12.1 Å². The van der Waals surface area contributed by atoms with E-state index >= 15 is 0 Å². The smallest absolute Gasteiger partial charge is 0.244 e. The number of anilines is 1. The number of carbonyl (C=O) groups is 3. The predicted octanol–water partition coefficient (Wildman–Crippen LogP) is 4.27. The Kier molecular flexibility index (Phi) is 7.50. The molecule has 9 heteroatoms. The maximum Gasteiger partial charge on any atom is 0.244 e. The van der Waals surface area contributed by atoms with Crippen molar-refractivity contribution in [2.75, 3.05) is 11.9 Å². The number of halogens is 1. The average Bonchev–Trinajstić information content (AvgIpc) is 3.54. The molecular formula is C30H34BrN3O4S. The fourth-order valence-corrected chi connectivity index (χ4v) is 10.9. The van der Waals surface area contributed by atoms with Crippen LogP contribution < -0.4 is 10.6 Å². The zero-order valence-corrected chi connectivity index (χ0v) is 24.1. The highest BCUT2D eigenvalue weighted by atomic mass is 79.9. The van der Waals surface area contributed by atoms with Crippen LogP contribution in [-0.4, -0.2) is 61.2 Å². The number of amides is 3. The number of benzene rings is 2. The minimum Gasteiger partial charge on any atom is -0.394 e. The molecule has 3 saturated heterocycles. The summed E-state index contributed by atoms with van der Waals surface area (Å²) in [5, 5.41) is 16.8. The summed E-state index contributed by atoms with van der Waals surface area (Å²) in [6.45, 7) is -0.307. The van der Waals surface area contributed by atoms with E-state index in [1.807, 2.05) is 60.7 Å². The van der Waals surface area contributed by atoms with Crippen molar-refractivity contribution in [3.8, 4) is 0 Å². The van der Waals surface area contributed by atoms with Crippen LogP contribution in [0, 0.1) is 11.8 Å². The van der Waals surface area contributed by atoms with Crippen molar-refractivity contribution < 1.29 is 19.5 Å². The Morgan fingerprint density at radius 3 is 2.36 bits per heavy atom. The summed E-state index contributed by atoms with van der Waals surface area (Å²) in [5.74, 6) is -1.82. The number of para-hydroxylation sites is 1. The Morgan fingerprint density at radius 1 is 1.03 bits per heavy atom. The van der Waals surface area contributed by atoms with Crippen LogP contribution in [0.3, 0.4) is 0 Å². The summed E-state index contributed by atoms with van der Waals surface area (Å²) in [6, 6.07) is 17.3. The third-order valence-corrected chi connectivity index (χ3v) is 12.2. The number of hydrogen-bond acceptors (Lipinski definition) is 5. The van der Waals surface area contributed by atoms with Gasteiger partial charge in [0, 0.05) is 21.8 Å². The van der Waals surface area contributed by atoms with E-state index in [1.54, 1.807) is 16.7 Å². The van der Waals surface area contributed by atoms with Gasteiger partial charge in [0.2, 0.25) is 17.7 Å². The third-order valence-electron chi connectivity index (χ3n) is 8.96. The Bertz CT molecular complexity index is 1230. The summed E-state index contributed by atoms with van der Waals surface area (Å²) in [7, 11) is 0. The van der Waals surface area contributed by atoms with E-state index in [-0.39, 0.29) is 40.4 Å². The zero-order valence-electron chi connectivity index (χ0n) is 21.7. The number of nitrogens with one attached hydrogen (secondary N) is 2. The lowest BCUT2D eigenvalue weighted by atomic mass is 9.70. The van der Waals surface area contributed by atoms with E-state index in [0.717, 1.165) is 31.2 Å². The van der Waals surface area contributed by atoms with Crippen LogP contribution in [0.2, 0.25) is 0 Å². The Morgan fingerprint density at radius 2 is 1.69 bits per heavy atom. The number of thioether (sulfide) groups is 1. The third kappa shape index (κ3) is 4.60. The normalized spacial score (nSPS) is 32.6. The van der Waals surface area contributed by atoms with Gasteiger partial charge in [0.25, 0.3) is 0 Å². The first-order valence-electron chi connectivity index (χ1n) is 13.9. The number of carbonyl (C=O) groups excluding carboxylic acids is 3. The molecule has 3 unspecified atom stereocenters. The van der Waals surface area contributed by atoms with Crippen LogP contribution in [-0.2, 0) is 14.4 Å². The minimum atomic E-state index is -0.779. The first-order chi connectivity index (χ1) is 18.9. The molecule has 1 spiro atoms. The van der Waals surface area contributed by atoms with Crippen molar-refractivity contribution in [2.45, 2.75) is 71.5 Å². The van der Waals surface area contributed by atoms with Gasteiger partial charge in [0.15, 0.2) is 0 Å². The number of nitrogens with zero attached hydrogens (tertiary/aromatic N) is 1. The van der Waals surface area contributed by atoms with Gasteiger partial charge in [-0.1, -0.05) is 83.7 Å². The Hall–Kier alpha value is -2.36. The number of fused-ring (bicyclic) bond motifs is 1. The highest BCUT2D eigenvalue weighted by molar-refractivity contribution is 9.09. The zero-order chi connectivity index (χ0) is 27.1. The highest BCUT2D eigenvalue weighted by Crippen LogP contribution is 2.68. The topological polar surface area (TPSA) is 98.7 Å². The molecule has 6 rings (SSSR count). The second kappa shape index (κ2) is 10.9. The molecule has 0 aromatic heterocycles. The first kappa shape index (κ1) is 26.8. The molecule has 7 nitrogen and oxygen atoms in total. The maximum atomic E-state index is 14.5. The van der Waals surface area contributed by atoms with E-state index in [1.165, 1.54) is 6.42 Å². The molecule has 4 aliphatic rings. The van der Waals surface area contributed by atoms with Gasteiger partial charge in [-0.15, -0.1) is 11.8 Å². The summed E-state index contributed by atoms with van der Waals surface area (Å²) in [5.41, 5.74) is 1.46. The number of rotatable bonds is 7. The van der Waals surface area contributed by atoms with Gasteiger partial charge in [0.05, 0.1) is 29.2 Å². The molecule has 0 radical (unpaired) electrons. The SMILES string of the molecule is O=C(NC1CCCCC1)C1N([C@H](CO)c2ccccc2)C(=O)[C@@H]2[C@@H](C(=O)Nc3ccccc3)[C@@H]3SC12CC3Br. The Labute approximate surface area is 241 Å². The summed E-state index contributed by atoms with van der Waals surface area (Å²) in [6.07, 6.45) is 5.82. The lowest BCUT2D eigenvalue weighted by Gasteiger charge is -2.38. The molecule has 206 valence electrons. The molecule has 1 saturated carbocycles.